The van der Waals surface area contributed by atoms with E-state index in [9.17, 15) is 5.11 Å². The van der Waals surface area contributed by atoms with Crippen molar-refractivity contribution in [2.24, 2.45) is 0 Å². The van der Waals surface area contributed by atoms with E-state index in [4.69, 9.17) is 11.6 Å². The van der Waals surface area contributed by atoms with Gasteiger partial charge in [0.25, 0.3) is 0 Å². The summed E-state index contributed by atoms with van der Waals surface area (Å²) in [4.78, 5) is 4.66. The van der Waals surface area contributed by atoms with Crippen LogP contribution in [-0.4, -0.2) is 15.4 Å². The lowest BCUT2D eigenvalue weighted by atomic mass is 10.0. The van der Waals surface area contributed by atoms with Crippen molar-refractivity contribution in [2.75, 3.05) is 5.33 Å². The molecule has 0 aliphatic rings. The molecule has 2 nitrogen and oxygen atoms in total. The van der Waals surface area contributed by atoms with Gasteiger partial charge in [0, 0.05) is 16.3 Å². The molecule has 3 rings (SSSR count). The van der Waals surface area contributed by atoms with Gasteiger partial charge in [0.15, 0.2) is 0 Å². The van der Waals surface area contributed by atoms with E-state index in [-0.39, 0.29) is 0 Å². The second kappa shape index (κ2) is 6.14. The van der Waals surface area contributed by atoms with E-state index in [1.54, 1.807) is 0 Å². The highest BCUT2D eigenvalue weighted by molar-refractivity contribution is 9.09. The van der Waals surface area contributed by atoms with Gasteiger partial charge in [-0.25, -0.2) is 4.98 Å². The van der Waals surface area contributed by atoms with Gasteiger partial charge < -0.3 is 5.11 Å². The van der Waals surface area contributed by atoms with Crippen LogP contribution in [0.5, 0.6) is 0 Å². The summed E-state index contributed by atoms with van der Waals surface area (Å²) >= 11 is 9.61. The summed E-state index contributed by atoms with van der Waals surface area (Å²) in [5.74, 6) is 0. The summed E-state index contributed by atoms with van der Waals surface area (Å²) in [5.41, 5.74) is 3.36. The maximum Gasteiger partial charge on any atom is 0.0899 e. The second-order valence-corrected chi connectivity index (χ2v) is 5.82. The zero-order valence-corrected chi connectivity index (χ0v) is 13.5. The Morgan fingerprint density at radius 3 is 2.57 bits per heavy atom. The summed E-state index contributed by atoms with van der Waals surface area (Å²) in [6.07, 6.45) is -0.601. The summed E-state index contributed by atoms with van der Waals surface area (Å²) in [7, 11) is 0. The van der Waals surface area contributed by atoms with Gasteiger partial charge in [0.2, 0.25) is 0 Å². The molecule has 0 saturated carbocycles. The van der Waals surface area contributed by atoms with E-state index in [1.165, 1.54) is 0 Å². The third kappa shape index (κ3) is 2.82. The van der Waals surface area contributed by atoms with Crippen molar-refractivity contribution in [1.29, 1.82) is 0 Å². The standard InChI is InChI=1S/C17H13BrClNO/c18-10-16(21)13-9-15(11-5-2-1-3-6-11)20-17-12(13)7-4-8-14(17)19/h1-9,16,21H,10H2. The first-order chi connectivity index (χ1) is 10.2. The van der Waals surface area contributed by atoms with Crippen LogP contribution in [0.3, 0.4) is 0 Å². The number of aromatic nitrogens is 1. The topological polar surface area (TPSA) is 33.1 Å². The normalized spacial score (nSPS) is 12.5. The molecule has 1 unspecified atom stereocenters. The van der Waals surface area contributed by atoms with Gasteiger partial charge in [-0.1, -0.05) is 70.0 Å². The molecule has 1 heterocycles. The lowest BCUT2D eigenvalue weighted by molar-refractivity contribution is 0.207. The minimum atomic E-state index is -0.601. The molecule has 21 heavy (non-hydrogen) atoms. The zero-order chi connectivity index (χ0) is 14.8. The van der Waals surface area contributed by atoms with E-state index < -0.39 is 6.10 Å². The smallest absolute Gasteiger partial charge is 0.0899 e. The molecule has 0 aliphatic carbocycles. The Morgan fingerprint density at radius 2 is 1.86 bits per heavy atom. The number of rotatable bonds is 3. The number of hydrogen-bond acceptors (Lipinski definition) is 2. The highest BCUT2D eigenvalue weighted by Crippen LogP contribution is 2.32. The van der Waals surface area contributed by atoms with Crippen LogP contribution < -0.4 is 0 Å². The van der Waals surface area contributed by atoms with Crippen molar-refractivity contribution in [2.45, 2.75) is 6.10 Å². The molecular formula is C17H13BrClNO. The average Bonchev–Trinajstić information content (AvgIpc) is 2.54. The molecule has 0 spiro atoms. The molecule has 0 saturated heterocycles. The van der Waals surface area contributed by atoms with Crippen LogP contribution in [-0.2, 0) is 0 Å². The van der Waals surface area contributed by atoms with Crippen LogP contribution in [0.1, 0.15) is 11.7 Å². The summed E-state index contributed by atoms with van der Waals surface area (Å²) in [6.45, 7) is 0. The maximum atomic E-state index is 10.3. The molecule has 3 aromatic rings. The van der Waals surface area contributed by atoms with Crippen molar-refractivity contribution in [1.82, 2.24) is 4.98 Å². The summed E-state index contributed by atoms with van der Waals surface area (Å²) < 4.78 is 0. The van der Waals surface area contributed by atoms with Gasteiger partial charge in [-0.15, -0.1) is 0 Å². The predicted molar refractivity (Wildman–Crippen MR) is 90.9 cm³/mol. The molecule has 2 aromatic carbocycles. The number of aliphatic hydroxyl groups is 1. The van der Waals surface area contributed by atoms with Crippen molar-refractivity contribution in [3.63, 3.8) is 0 Å². The highest BCUT2D eigenvalue weighted by Gasteiger charge is 2.15. The first kappa shape index (κ1) is 14.5. The third-order valence-corrected chi connectivity index (χ3v) is 4.32. The fraction of sp³-hybridized carbons (Fsp3) is 0.118. The lowest BCUT2D eigenvalue weighted by Gasteiger charge is -2.14. The highest BCUT2D eigenvalue weighted by atomic mass is 79.9. The average molecular weight is 363 g/mol. The van der Waals surface area contributed by atoms with Crippen LogP contribution >= 0.6 is 27.5 Å². The van der Waals surface area contributed by atoms with Gasteiger partial charge in [-0.3, -0.25) is 0 Å². The second-order valence-electron chi connectivity index (χ2n) is 4.77. The molecule has 0 radical (unpaired) electrons. The minimum Gasteiger partial charge on any atom is -0.388 e. The Labute approximate surface area is 136 Å². The number of pyridine rings is 1. The fourth-order valence-corrected chi connectivity index (χ4v) is 2.92. The van der Waals surface area contributed by atoms with E-state index >= 15 is 0 Å². The van der Waals surface area contributed by atoms with Crippen molar-refractivity contribution in [3.8, 4) is 11.3 Å². The zero-order valence-electron chi connectivity index (χ0n) is 11.1. The maximum absolute atomic E-state index is 10.3. The van der Waals surface area contributed by atoms with E-state index in [1.807, 2.05) is 54.6 Å². The number of para-hydroxylation sites is 1. The van der Waals surface area contributed by atoms with E-state index in [2.05, 4.69) is 20.9 Å². The van der Waals surface area contributed by atoms with Crippen molar-refractivity contribution >= 4 is 38.4 Å². The predicted octanol–water partition coefficient (Wildman–Crippen LogP) is 4.98. The van der Waals surface area contributed by atoms with Crippen molar-refractivity contribution in [3.05, 3.63) is 65.2 Å². The molecule has 1 atom stereocenters. The van der Waals surface area contributed by atoms with Gasteiger partial charge >= 0.3 is 0 Å². The minimum absolute atomic E-state index is 0.465. The molecule has 0 fully saturated rings. The van der Waals surface area contributed by atoms with Crippen LogP contribution in [0, 0.1) is 0 Å². The Kier molecular flexibility index (Phi) is 4.24. The van der Waals surface area contributed by atoms with Crippen LogP contribution in [0.2, 0.25) is 5.02 Å². The van der Waals surface area contributed by atoms with Crippen LogP contribution in [0.25, 0.3) is 22.2 Å². The Bertz CT molecular complexity index is 776. The fourth-order valence-electron chi connectivity index (χ4n) is 2.36. The van der Waals surface area contributed by atoms with E-state index in [0.717, 1.165) is 27.7 Å². The quantitative estimate of drug-likeness (QED) is 0.666. The largest absolute Gasteiger partial charge is 0.388 e. The van der Waals surface area contributed by atoms with Crippen LogP contribution in [0.4, 0.5) is 0 Å². The molecule has 0 aliphatic heterocycles. The summed E-state index contributed by atoms with van der Waals surface area (Å²) in [6, 6.07) is 17.4. The molecule has 106 valence electrons. The SMILES string of the molecule is OC(CBr)c1cc(-c2ccccc2)nc2c(Cl)cccc12. The first-order valence-corrected chi connectivity index (χ1v) is 8.09. The number of aliphatic hydroxyl groups excluding tert-OH is 1. The van der Waals surface area contributed by atoms with E-state index in [0.29, 0.717) is 10.4 Å². The van der Waals surface area contributed by atoms with Gasteiger partial charge in [-0.2, -0.15) is 0 Å². The first-order valence-electron chi connectivity index (χ1n) is 6.59. The third-order valence-electron chi connectivity index (χ3n) is 3.40. The Morgan fingerprint density at radius 1 is 1.10 bits per heavy atom. The molecule has 0 bridgehead atoms. The number of fused-ring (bicyclic) bond motifs is 1. The number of benzene rings is 2. The number of alkyl halides is 1. The summed E-state index contributed by atoms with van der Waals surface area (Å²) in [5, 5.41) is 12.2. The molecule has 4 heteroatoms. The number of hydrogen-bond donors (Lipinski definition) is 1. The molecule has 1 aromatic heterocycles. The monoisotopic (exact) mass is 361 g/mol. The Balaban J connectivity index is 2.31. The van der Waals surface area contributed by atoms with Gasteiger partial charge in [0.05, 0.1) is 22.3 Å². The molecule has 1 N–H and O–H groups in total. The van der Waals surface area contributed by atoms with Crippen molar-refractivity contribution < 1.29 is 5.11 Å². The number of halogens is 2. The van der Waals surface area contributed by atoms with Gasteiger partial charge in [-0.05, 0) is 17.7 Å². The van der Waals surface area contributed by atoms with Gasteiger partial charge in [0.1, 0.15) is 0 Å². The number of nitrogens with zero attached hydrogens (tertiary/aromatic N) is 1. The molecule has 0 amide bonds. The van der Waals surface area contributed by atoms with Crippen LogP contribution in [0.15, 0.2) is 54.6 Å². The Hall–Kier alpha value is -1.42. The molecular weight excluding hydrogens is 350 g/mol. The lowest BCUT2D eigenvalue weighted by Crippen LogP contribution is -2.01.